The Kier molecular flexibility index (Phi) is 5.59. The largest absolute Gasteiger partial charge is 0.497 e. The Morgan fingerprint density at radius 2 is 2.19 bits per heavy atom. The molecule has 1 fully saturated rings. The van der Waals surface area contributed by atoms with Crippen molar-refractivity contribution in [3.8, 4) is 5.75 Å². The Balaban J connectivity index is 1.30. The van der Waals surface area contributed by atoms with E-state index in [4.69, 9.17) is 9.72 Å². The van der Waals surface area contributed by atoms with Crippen LogP contribution in [0.25, 0.3) is 10.2 Å². The van der Waals surface area contributed by atoms with Gasteiger partial charge in [-0.05, 0) is 48.9 Å². The molecule has 0 aliphatic carbocycles. The number of hydrogen-bond donors (Lipinski definition) is 1. The van der Waals surface area contributed by atoms with Crippen LogP contribution in [0, 0.1) is 5.92 Å². The summed E-state index contributed by atoms with van der Waals surface area (Å²) in [5, 5.41) is 6.21. The van der Waals surface area contributed by atoms with Crippen LogP contribution in [-0.2, 0) is 11.2 Å². The number of piperidine rings is 1. The molecular formula is C20H23N3O2S2. The number of ether oxygens (including phenoxy) is 1. The van der Waals surface area contributed by atoms with Crippen LogP contribution >= 0.6 is 22.7 Å². The molecule has 0 radical (unpaired) electrons. The summed E-state index contributed by atoms with van der Waals surface area (Å²) in [6.07, 6.45) is 2.67. The van der Waals surface area contributed by atoms with E-state index in [2.05, 4.69) is 27.7 Å². The van der Waals surface area contributed by atoms with Gasteiger partial charge >= 0.3 is 0 Å². The first-order valence-corrected chi connectivity index (χ1v) is 10.9. The first-order valence-electron chi connectivity index (χ1n) is 9.22. The maximum Gasteiger partial charge on any atom is 0.223 e. The summed E-state index contributed by atoms with van der Waals surface area (Å²) >= 11 is 3.43. The number of anilines is 1. The second-order valence-corrected chi connectivity index (χ2v) is 8.75. The lowest BCUT2D eigenvalue weighted by molar-refractivity contribution is -0.125. The maximum atomic E-state index is 12.4. The van der Waals surface area contributed by atoms with Gasteiger partial charge in [0.15, 0.2) is 5.13 Å². The molecule has 1 aliphatic heterocycles. The number of aromatic nitrogens is 1. The standard InChI is InChI=1S/C20H23N3O2S2/c1-25-15-4-5-17-18(13-15)27-20(22-17)23-10-7-14(8-11-23)19(24)21-9-6-16-3-2-12-26-16/h2-5,12-14H,6-11H2,1H3,(H,21,24). The van der Waals surface area contributed by atoms with Gasteiger partial charge in [0.25, 0.3) is 0 Å². The molecule has 4 rings (SSSR count). The molecule has 142 valence electrons. The van der Waals surface area contributed by atoms with Crippen LogP contribution < -0.4 is 15.0 Å². The average molecular weight is 402 g/mol. The van der Waals surface area contributed by atoms with Crippen molar-refractivity contribution in [2.45, 2.75) is 19.3 Å². The number of thiophene rings is 1. The third-order valence-electron chi connectivity index (χ3n) is 4.97. The Morgan fingerprint density at radius 3 is 2.93 bits per heavy atom. The van der Waals surface area contributed by atoms with Crippen LogP contribution in [0.3, 0.4) is 0 Å². The van der Waals surface area contributed by atoms with E-state index in [9.17, 15) is 4.79 Å². The van der Waals surface area contributed by atoms with Gasteiger partial charge in [0.2, 0.25) is 5.91 Å². The molecule has 5 nitrogen and oxygen atoms in total. The quantitative estimate of drug-likeness (QED) is 0.680. The predicted molar refractivity (Wildman–Crippen MR) is 112 cm³/mol. The molecule has 1 saturated heterocycles. The normalized spacial score (nSPS) is 15.2. The SMILES string of the molecule is COc1ccc2nc(N3CCC(C(=O)NCCc4cccs4)CC3)sc2c1. The minimum atomic E-state index is 0.110. The Hall–Kier alpha value is -2.12. The molecule has 3 heterocycles. The van der Waals surface area contributed by atoms with Crippen molar-refractivity contribution < 1.29 is 9.53 Å². The first-order chi connectivity index (χ1) is 13.2. The zero-order chi connectivity index (χ0) is 18.6. The number of carbonyl (C=O) groups excluding carboxylic acids is 1. The van der Waals surface area contributed by atoms with E-state index in [1.807, 2.05) is 18.2 Å². The summed E-state index contributed by atoms with van der Waals surface area (Å²) in [4.78, 5) is 20.8. The van der Waals surface area contributed by atoms with Crippen molar-refractivity contribution >= 4 is 43.9 Å². The monoisotopic (exact) mass is 401 g/mol. The number of hydrogen-bond acceptors (Lipinski definition) is 6. The molecule has 0 spiro atoms. The summed E-state index contributed by atoms with van der Waals surface area (Å²) in [6, 6.07) is 10.1. The third kappa shape index (κ3) is 4.25. The lowest BCUT2D eigenvalue weighted by Crippen LogP contribution is -2.41. The summed E-state index contributed by atoms with van der Waals surface area (Å²) in [5.74, 6) is 1.16. The Morgan fingerprint density at radius 1 is 1.33 bits per heavy atom. The van der Waals surface area contributed by atoms with Gasteiger partial charge in [0.1, 0.15) is 5.75 Å². The number of nitrogens with one attached hydrogen (secondary N) is 1. The topological polar surface area (TPSA) is 54.5 Å². The van der Waals surface area contributed by atoms with Gasteiger partial charge in [-0.2, -0.15) is 0 Å². The van der Waals surface area contributed by atoms with Gasteiger partial charge in [-0.3, -0.25) is 4.79 Å². The lowest BCUT2D eigenvalue weighted by Gasteiger charge is -2.31. The molecule has 0 bridgehead atoms. The molecule has 1 N–H and O–H groups in total. The molecular weight excluding hydrogens is 378 g/mol. The van der Waals surface area contributed by atoms with Crippen molar-refractivity contribution in [2.24, 2.45) is 5.92 Å². The van der Waals surface area contributed by atoms with E-state index in [0.717, 1.165) is 60.0 Å². The summed E-state index contributed by atoms with van der Waals surface area (Å²) < 4.78 is 6.43. The van der Waals surface area contributed by atoms with Crippen molar-refractivity contribution in [3.63, 3.8) is 0 Å². The van der Waals surface area contributed by atoms with E-state index in [0.29, 0.717) is 0 Å². The highest BCUT2D eigenvalue weighted by atomic mass is 32.1. The van der Waals surface area contributed by atoms with Crippen molar-refractivity contribution in [2.75, 3.05) is 31.6 Å². The number of benzene rings is 1. The highest BCUT2D eigenvalue weighted by molar-refractivity contribution is 7.22. The van der Waals surface area contributed by atoms with Gasteiger partial charge in [0, 0.05) is 30.4 Å². The fourth-order valence-electron chi connectivity index (χ4n) is 3.40. The van der Waals surface area contributed by atoms with Crippen LogP contribution in [0.4, 0.5) is 5.13 Å². The summed E-state index contributed by atoms with van der Waals surface area (Å²) in [7, 11) is 1.68. The van der Waals surface area contributed by atoms with Crippen LogP contribution in [0.15, 0.2) is 35.7 Å². The highest BCUT2D eigenvalue weighted by Crippen LogP contribution is 2.33. The smallest absolute Gasteiger partial charge is 0.223 e. The molecule has 3 aromatic rings. The Labute approximate surface area is 167 Å². The van der Waals surface area contributed by atoms with Crippen LogP contribution in [0.2, 0.25) is 0 Å². The minimum Gasteiger partial charge on any atom is -0.497 e. The number of amides is 1. The molecule has 1 aromatic carbocycles. The molecule has 0 unspecified atom stereocenters. The number of thiazole rings is 1. The van der Waals surface area contributed by atoms with E-state index in [1.54, 1.807) is 29.8 Å². The molecule has 1 amide bonds. The third-order valence-corrected chi connectivity index (χ3v) is 6.99. The highest BCUT2D eigenvalue weighted by Gasteiger charge is 2.26. The van der Waals surface area contributed by atoms with Gasteiger partial charge in [-0.15, -0.1) is 11.3 Å². The fourth-order valence-corrected chi connectivity index (χ4v) is 5.15. The molecule has 7 heteroatoms. The number of nitrogens with zero attached hydrogens (tertiary/aromatic N) is 2. The van der Waals surface area contributed by atoms with Crippen molar-refractivity contribution in [1.82, 2.24) is 10.3 Å². The van der Waals surface area contributed by atoms with Crippen LogP contribution in [0.1, 0.15) is 17.7 Å². The van der Waals surface area contributed by atoms with Gasteiger partial charge < -0.3 is 15.0 Å². The first kappa shape index (κ1) is 18.3. The maximum absolute atomic E-state index is 12.4. The summed E-state index contributed by atoms with van der Waals surface area (Å²) in [5.41, 5.74) is 1.00. The van der Waals surface area contributed by atoms with E-state index in [1.165, 1.54) is 4.88 Å². The number of methoxy groups -OCH3 is 1. The van der Waals surface area contributed by atoms with E-state index in [-0.39, 0.29) is 11.8 Å². The second kappa shape index (κ2) is 8.27. The number of rotatable bonds is 6. The summed E-state index contributed by atoms with van der Waals surface area (Å²) in [6.45, 7) is 2.47. The average Bonchev–Trinajstić information content (AvgIpc) is 3.37. The molecule has 0 atom stereocenters. The zero-order valence-corrected chi connectivity index (χ0v) is 16.9. The molecule has 0 saturated carbocycles. The van der Waals surface area contributed by atoms with Crippen molar-refractivity contribution in [3.05, 3.63) is 40.6 Å². The van der Waals surface area contributed by atoms with Gasteiger partial charge in [-0.25, -0.2) is 4.98 Å². The second-order valence-electron chi connectivity index (χ2n) is 6.71. The Bertz CT molecular complexity index is 899. The lowest BCUT2D eigenvalue weighted by atomic mass is 9.96. The van der Waals surface area contributed by atoms with Crippen LogP contribution in [0.5, 0.6) is 5.75 Å². The van der Waals surface area contributed by atoms with E-state index >= 15 is 0 Å². The molecule has 2 aromatic heterocycles. The fraction of sp³-hybridized carbons (Fsp3) is 0.400. The molecule has 27 heavy (non-hydrogen) atoms. The predicted octanol–water partition coefficient (Wildman–Crippen LogP) is 3.94. The van der Waals surface area contributed by atoms with Gasteiger partial charge in [0.05, 0.1) is 17.3 Å². The van der Waals surface area contributed by atoms with E-state index < -0.39 is 0 Å². The zero-order valence-electron chi connectivity index (χ0n) is 15.3. The van der Waals surface area contributed by atoms with Gasteiger partial charge in [-0.1, -0.05) is 17.4 Å². The van der Waals surface area contributed by atoms with Crippen LogP contribution in [-0.4, -0.2) is 37.6 Å². The minimum absolute atomic E-state index is 0.110. The van der Waals surface area contributed by atoms with Crippen molar-refractivity contribution in [1.29, 1.82) is 0 Å². The molecule has 1 aliphatic rings. The number of fused-ring (bicyclic) bond motifs is 1. The number of carbonyl (C=O) groups is 1.